The first-order valence-electron chi connectivity index (χ1n) is 7.75. The Kier molecular flexibility index (Phi) is 4.35. The fourth-order valence-corrected chi connectivity index (χ4v) is 2.66. The quantitative estimate of drug-likeness (QED) is 0.585. The van der Waals surface area contributed by atoms with Crippen molar-refractivity contribution in [2.45, 2.75) is 0 Å². The molecule has 2 aromatic heterocycles. The summed E-state index contributed by atoms with van der Waals surface area (Å²) in [5.41, 5.74) is 1.38. The van der Waals surface area contributed by atoms with Crippen molar-refractivity contribution in [1.29, 1.82) is 0 Å². The smallest absolute Gasteiger partial charge is 0.258 e. The van der Waals surface area contributed by atoms with Crippen LogP contribution in [0.15, 0.2) is 61.2 Å². The van der Waals surface area contributed by atoms with Gasteiger partial charge in [-0.15, -0.1) is 5.10 Å². The molecule has 10 heteroatoms. The van der Waals surface area contributed by atoms with Gasteiger partial charge in [0.15, 0.2) is 0 Å². The summed E-state index contributed by atoms with van der Waals surface area (Å²) in [5.74, 6) is -1.10. The molecule has 0 bridgehead atoms. The lowest BCUT2D eigenvalue weighted by atomic mass is 10.2. The molecule has 8 nitrogen and oxygen atoms in total. The van der Waals surface area contributed by atoms with Gasteiger partial charge in [-0.3, -0.25) is 4.79 Å². The molecule has 0 saturated carbocycles. The van der Waals surface area contributed by atoms with Crippen molar-refractivity contribution < 1.29 is 9.18 Å². The molecule has 4 aromatic rings. The third-order valence-corrected chi connectivity index (χ3v) is 4.08. The fourth-order valence-electron chi connectivity index (χ4n) is 2.43. The van der Waals surface area contributed by atoms with E-state index in [9.17, 15) is 9.18 Å². The summed E-state index contributed by atoms with van der Waals surface area (Å²) >= 11 is 6.13. The van der Waals surface area contributed by atoms with Gasteiger partial charge in [-0.25, -0.2) is 13.8 Å². The van der Waals surface area contributed by atoms with Crippen molar-refractivity contribution in [3.63, 3.8) is 0 Å². The van der Waals surface area contributed by atoms with Gasteiger partial charge in [0.25, 0.3) is 5.91 Å². The number of hydrogen-bond donors (Lipinski definition) is 1. The van der Waals surface area contributed by atoms with Crippen LogP contribution in [-0.2, 0) is 0 Å². The van der Waals surface area contributed by atoms with Gasteiger partial charge in [0.2, 0.25) is 0 Å². The SMILES string of the molecule is O=C(Nc1cc(-n2cnnn2)ccc1F)c1cnn(-c2ccccc2Cl)c1. The molecule has 27 heavy (non-hydrogen) atoms. The molecule has 1 amide bonds. The average Bonchev–Trinajstić information content (AvgIpc) is 3.36. The van der Waals surface area contributed by atoms with E-state index < -0.39 is 11.7 Å². The Bertz CT molecular complexity index is 1110. The highest BCUT2D eigenvalue weighted by Crippen LogP contribution is 2.21. The first-order valence-corrected chi connectivity index (χ1v) is 8.13. The Morgan fingerprint density at radius 1 is 1.15 bits per heavy atom. The summed E-state index contributed by atoms with van der Waals surface area (Å²) in [7, 11) is 0. The van der Waals surface area contributed by atoms with Gasteiger partial charge in [-0.05, 0) is 40.8 Å². The van der Waals surface area contributed by atoms with Crippen LogP contribution in [0.25, 0.3) is 11.4 Å². The second-order valence-corrected chi connectivity index (χ2v) is 5.90. The molecule has 1 N–H and O–H groups in total. The van der Waals surface area contributed by atoms with Crippen molar-refractivity contribution in [3.05, 3.63) is 77.6 Å². The molecule has 134 valence electrons. The molecule has 2 heterocycles. The average molecular weight is 384 g/mol. The molecule has 0 fully saturated rings. The van der Waals surface area contributed by atoms with Crippen molar-refractivity contribution in [3.8, 4) is 11.4 Å². The summed E-state index contributed by atoms with van der Waals surface area (Å²) in [5, 5.41) is 17.9. The number of amides is 1. The van der Waals surface area contributed by atoms with Gasteiger partial charge >= 0.3 is 0 Å². The van der Waals surface area contributed by atoms with E-state index in [-0.39, 0.29) is 11.3 Å². The second-order valence-electron chi connectivity index (χ2n) is 5.50. The van der Waals surface area contributed by atoms with Crippen molar-refractivity contribution in [2.24, 2.45) is 0 Å². The van der Waals surface area contributed by atoms with Gasteiger partial charge in [0.05, 0.1) is 33.8 Å². The third-order valence-electron chi connectivity index (χ3n) is 3.76. The predicted molar refractivity (Wildman–Crippen MR) is 95.6 cm³/mol. The standard InChI is InChI=1S/C17H11ClFN7O/c18-13-3-1-2-4-16(13)25-9-11(8-21-25)17(27)22-15-7-12(5-6-14(15)19)26-10-20-23-24-26/h1-10H,(H,22,27). The van der Waals surface area contributed by atoms with Crippen LogP contribution in [0.3, 0.4) is 0 Å². The zero-order valence-electron chi connectivity index (χ0n) is 13.6. The minimum Gasteiger partial charge on any atom is -0.319 e. The highest BCUT2D eigenvalue weighted by atomic mass is 35.5. The number of hydrogen-bond acceptors (Lipinski definition) is 5. The van der Waals surface area contributed by atoms with Gasteiger partial charge in [-0.2, -0.15) is 5.10 Å². The van der Waals surface area contributed by atoms with Crippen LogP contribution in [0.5, 0.6) is 0 Å². The molecule has 0 spiro atoms. The van der Waals surface area contributed by atoms with Gasteiger partial charge < -0.3 is 5.32 Å². The number of benzene rings is 2. The van der Waals surface area contributed by atoms with Crippen LogP contribution in [0, 0.1) is 5.82 Å². The Balaban J connectivity index is 1.58. The summed E-state index contributed by atoms with van der Waals surface area (Å²) in [6.45, 7) is 0. The molecule has 0 aliphatic heterocycles. The van der Waals surface area contributed by atoms with E-state index in [1.807, 2.05) is 6.07 Å². The minimum absolute atomic E-state index is 0.00139. The van der Waals surface area contributed by atoms with Crippen LogP contribution in [0.2, 0.25) is 5.02 Å². The summed E-state index contributed by atoms with van der Waals surface area (Å²) in [4.78, 5) is 12.5. The first-order chi connectivity index (χ1) is 13.1. The lowest BCUT2D eigenvalue weighted by Crippen LogP contribution is -2.13. The van der Waals surface area contributed by atoms with Crippen LogP contribution in [-0.4, -0.2) is 35.9 Å². The van der Waals surface area contributed by atoms with Crippen LogP contribution < -0.4 is 5.32 Å². The topological polar surface area (TPSA) is 90.5 Å². The van der Waals surface area contributed by atoms with E-state index in [2.05, 4.69) is 25.9 Å². The second kappa shape index (κ2) is 6.96. The minimum atomic E-state index is -0.585. The van der Waals surface area contributed by atoms with Crippen molar-refractivity contribution in [2.75, 3.05) is 5.32 Å². The molecule has 0 atom stereocenters. The Morgan fingerprint density at radius 3 is 2.78 bits per heavy atom. The molecular formula is C17H11ClFN7O. The van der Waals surface area contributed by atoms with Crippen LogP contribution in [0.4, 0.5) is 10.1 Å². The number of nitrogens with one attached hydrogen (secondary N) is 1. The lowest BCUT2D eigenvalue weighted by molar-refractivity contribution is 0.102. The molecule has 0 saturated heterocycles. The molecular weight excluding hydrogens is 373 g/mol. The number of tetrazole rings is 1. The number of halogens is 2. The highest BCUT2D eigenvalue weighted by Gasteiger charge is 2.14. The van der Waals surface area contributed by atoms with Crippen molar-refractivity contribution in [1.82, 2.24) is 30.0 Å². The molecule has 0 unspecified atom stereocenters. The molecule has 0 radical (unpaired) electrons. The Hall–Kier alpha value is -3.59. The van der Waals surface area contributed by atoms with E-state index in [4.69, 9.17) is 11.6 Å². The maximum Gasteiger partial charge on any atom is 0.258 e. The zero-order chi connectivity index (χ0) is 18.8. The van der Waals surface area contributed by atoms with Gasteiger partial charge in [-0.1, -0.05) is 23.7 Å². The Morgan fingerprint density at radius 2 is 2.00 bits per heavy atom. The molecule has 0 aliphatic rings. The van der Waals surface area contributed by atoms with E-state index >= 15 is 0 Å². The van der Waals surface area contributed by atoms with Gasteiger partial charge in [0, 0.05) is 6.20 Å². The lowest BCUT2D eigenvalue weighted by Gasteiger charge is -2.07. The number of rotatable bonds is 4. The summed E-state index contributed by atoms with van der Waals surface area (Å²) in [6, 6.07) is 11.2. The number of carbonyl (C=O) groups is 1. The molecule has 4 rings (SSSR count). The summed E-state index contributed by atoms with van der Waals surface area (Å²) < 4.78 is 16.9. The number of para-hydroxylation sites is 1. The highest BCUT2D eigenvalue weighted by molar-refractivity contribution is 6.32. The molecule has 0 aliphatic carbocycles. The summed E-state index contributed by atoms with van der Waals surface area (Å²) in [6.07, 6.45) is 4.26. The Labute approximate surface area is 157 Å². The van der Waals surface area contributed by atoms with E-state index in [0.717, 1.165) is 0 Å². The number of aromatic nitrogens is 6. The van der Waals surface area contributed by atoms with E-state index in [0.29, 0.717) is 16.4 Å². The van der Waals surface area contributed by atoms with Crippen LogP contribution >= 0.6 is 11.6 Å². The maximum atomic E-state index is 14.1. The fraction of sp³-hybridized carbons (Fsp3) is 0. The maximum absolute atomic E-state index is 14.1. The third kappa shape index (κ3) is 3.40. The number of nitrogens with zero attached hydrogens (tertiary/aromatic N) is 6. The predicted octanol–water partition coefficient (Wildman–Crippen LogP) is 2.89. The number of carbonyl (C=O) groups excluding carboxylic acids is 1. The zero-order valence-corrected chi connectivity index (χ0v) is 14.4. The van der Waals surface area contributed by atoms with Crippen LogP contribution in [0.1, 0.15) is 10.4 Å². The van der Waals surface area contributed by atoms with E-state index in [1.54, 1.807) is 18.2 Å². The largest absolute Gasteiger partial charge is 0.319 e. The molecule has 2 aromatic carbocycles. The number of anilines is 1. The van der Waals surface area contributed by atoms with E-state index in [1.165, 1.54) is 46.3 Å². The monoisotopic (exact) mass is 383 g/mol. The normalized spacial score (nSPS) is 10.7. The first kappa shape index (κ1) is 16.9. The van der Waals surface area contributed by atoms with Gasteiger partial charge in [0.1, 0.15) is 12.1 Å². The van der Waals surface area contributed by atoms with Crippen molar-refractivity contribution >= 4 is 23.2 Å².